The molecule has 1 amide bonds. The molecule has 1 heterocycles. The number of fused-ring (bicyclic) bond motifs is 1. The minimum absolute atomic E-state index is 0.0355. The molecule has 3 aromatic carbocycles. The molecule has 0 spiro atoms. The molecule has 1 aliphatic rings. The third-order valence-electron chi connectivity index (χ3n) is 5.77. The molecule has 166 valence electrons. The molecule has 0 aromatic heterocycles. The number of hydrogen-bond donors (Lipinski definition) is 0. The predicted molar refractivity (Wildman–Crippen MR) is 124 cm³/mol. The van der Waals surface area contributed by atoms with E-state index in [1.165, 1.54) is 0 Å². The highest BCUT2D eigenvalue weighted by molar-refractivity contribution is 7.90. The molecule has 0 N–H and O–H groups in total. The highest BCUT2D eigenvalue weighted by atomic mass is 32.2. The molecule has 0 unspecified atom stereocenters. The van der Waals surface area contributed by atoms with Crippen molar-refractivity contribution in [2.75, 3.05) is 13.1 Å². The van der Waals surface area contributed by atoms with Crippen molar-refractivity contribution in [3.8, 4) is 0 Å². The summed E-state index contributed by atoms with van der Waals surface area (Å²) >= 11 is 0. The van der Waals surface area contributed by atoms with Gasteiger partial charge in [0.25, 0.3) is 0 Å². The normalized spacial score (nSPS) is 13.8. The van der Waals surface area contributed by atoms with Crippen molar-refractivity contribution in [1.29, 1.82) is 0 Å². The third kappa shape index (κ3) is 5.37. The summed E-state index contributed by atoms with van der Waals surface area (Å²) in [5, 5.41) is 0. The van der Waals surface area contributed by atoms with Gasteiger partial charge in [-0.25, -0.2) is 13.2 Å². The van der Waals surface area contributed by atoms with Gasteiger partial charge in [0, 0.05) is 13.1 Å². The quantitative estimate of drug-likeness (QED) is 0.566. The standard InChI is InChI=1S/C26H27NO4S/c1-20-7-11-25(12-8-20)32(29,30)19-22-9-10-23-13-15-27(16-14-24(23)17-22)26(28)31-18-21-5-3-2-4-6-21/h2-12,17H,13-16,18-19H2,1H3. The average Bonchev–Trinajstić information content (AvgIpc) is 3.00. The van der Waals surface area contributed by atoms with Gasteiger partial charge in [0.1, 0.15) is 6.61 Å². The van der Waals surface area contributed by atoms with E-state index >= 15 is 0 Å². The Bertz CT molecular complexity index is 1190. The van der Waals surface area contributed by atoms with E-state index in [1.54, 1.807) is 17.0 Å². The molecular formula is C26H27NO4S. The van der Waals surface area contributed by atoms with Gasteiger partial charge in [-0.15, -0.1) is 0 Å². The van der Waals surface area contributed by atoms with Gasteiger partial charge in [-0.3, -0.25) is 0 Å². The first-order valence-corrected chi connectivity index (χ1v) is 12.4. The monoisotopic (exact) mass is 449 g/mol. The Morgan fingerprint density at radius 3 is 2.28 bits per heavy atom. The average molecular weight is 450 g/mol. The van der Waals surface area contributed by atoms with Gasteiger partial charge in [0.05, 0.1) is 10.6 Å². The fourth-order valence-electron chi connectivity index (χ4n) is 3.91. The summed E-state index contributed by atoms with van der Waals surface area (Å²) in [6.45, 7) is 3.32. The number of carbonyl (C=O) groups is 1. The van der Waals surface area contributed by atoms with Gasteiger partial charge in [-0.05, 0) is 54.2 Å². The molecule has 32 heavy (non-hydrogen) atoms. The van der Waals surface area contributed by atoms with E-state index in [-0.39, 0.29) is 18.5 Å². The Balaban J connectivity index is 1.40. The second kappa shape index (κ2) is 9.57. The molecule has 0 fully saturated rings. The van der Waals surface area contributed by atoms with Crippen LogP contribution < -0.4 is 0 Å². The van der Waals surface area contributed by atoms with Gasteiger partial charge in [0.2, 0.25) is 0 Å². The van der Waals surface area contributed by atoms with Crippen LogP contribution in [0.4, 0.5) is 4.79 Å². The molecule has 5 nitrogen and oxygen atoms in total. The van der Waals surface area contributed by atoms with Crippen LogP contribution in [0.15, 0.2) is 77.7 Å². The summed E-state index contributed by atoms with van der Waals surface area (Å²) in [6.07, 6.45) is 1.08. The van der Waals surface area contributed by atoms with Gasteiger partial charge < -0.3 is 9.64 Å². The van der Waals surface area contributed by atoms with E-state index in [1.807, 2.05) is 67.6 Å². The molecule has 0 saturated heterocycles. The maximum atomic E-state index is 12.8. The smallest absolute Gasteiger partial charge is 0.410 e. The third-order valence-corrected chi connectivity index (χ3v) is 7.48. The van der Waals surface area contributed by atoms with E-state index in [9.17, 15) is 13.2 Å². The van der Waals surface area contributed by atoms with E-state index in [0.717, 1.165) is 34.2 Å². The number of rotatable bonds is 5. The van der Waals surface area contributed by atoms with Crippen LogP contribution in [0, 0.1) is 6.92 Å². The van der Waals surface area contributed by atoms with Crippen LogP contribution in [-0.4, -0.2) is 32.5 Å². The Morgan fingerprint density at radius 2 is 1.56 bits per heavy atom. The summed E-state index contributed by atoms with van der Waals surface area (Å²) in [5.41, 5.74) is 5.00. The number of hydrogen-bond acceptors (Lipinski definition) is 4. The highest BCUT2D eigenvalue weighted by Crippen LogP contribution is 2.22. The first-order chi connectivity index (χ1) is 15.4. The Kier molecular flexibility index (Phi) is 6.61. The SMILES string of the molecule is Cc1ccc(S(=O)(=O)Cc2ccc3c(c2)CCN(C(=O)OCc2ccccc2)CC3)cc1. The van der Waals surface area contributed by atoms with Crippen LogP contribution in [0.5, 0.6) is 0 Å². The number of sulfone groups is 1. The molecule has 0 bridgehead atoms. The van der Waals surface area contributed by atoms with Crippen LogP contribution in [0.25, 0.3) is 0 Å². The minimum Gasteiger partial charge on any atom is -0.445 e. The maximum absolute atomic E-state index is 12.8. The first-order valence-electron chi connectivity index (χ1n) is 10.8. The molecule has 0 aliphatic carbocycles. The van der Waals surface area contributed by atoms with Crippen LogP contribution in [0.2, 0.25) is 0 Å². The Morgan fingerprint density at radius 1 is 0.875 bits per heavy atom. The Labute approximate surface area is 189 Å². The van der Waals surface area contributed by atoms with E-state index in [2.05, 4.69) is 0 Å². The lowest BCUT2D eigenvalue weighted by Gasteiger charge is -2.19. The summed E-state index contributed by atoms with van der Waals surface area (Å²) in [5.74, 6) is -0.0355. The number of amides is 1. The molecule has 0 atom stereocenters. The molecule has 0 saturated carbocycles. The number of aryl methyl sites for hydroxylation is 1. The van der Waals surface area contributed by atoms with Crippen LogP contribution in [0.1, 0.15) is 27.8 Å². The number of benzene rings is 3. The van der Waals surface area contributed by atoms with Crippen molar-refractivity contribution in [3.05, 3.63) is 101 Å². The maximum Gasteiger partial charge on any atom is 0.410 e. The number of ether oxygens (including phenoxy) is 1. The van der Waals surface area contributed by atoms with E-state index < -0.39 is 9.84 Å². The van der Waals surface area contributed by atoms with Crippen LogP contribution >= 0.6 is 0 Å². The fraction of sp³-hybridized carbons (Fsp3) is 0.269. The Hall–Kier alpha value is -3.12. The summed E-state index contributed by atoms with van der Waals surface area (Å²) < 4.78 is 31.1. The van der Waals surface area contributed by atoms with Crippen LogP contribution in [0.3, 0.4) is 0 Å². The molecule has 0 radical (unpaired) electrons. The van der Waals surface area contributed by atoms with Gasteiger partial charge in [0.15, 0.2) is 9.84 Å². The lowest BCUT2D eigenvalue weighted by molar-refractivity contribution is 0.0977. The summed E-state index contributed by atoms with van der Waals surface area (Å²) in [6, 6.07) is 22.4. The van der Waals surface area contributed by atoms with Crippen molar-refractivity contribution >= 4 is 15.9 Å². The second-order valence-electron chi connectivity index (χ2n) is 8.20. The van der Waals surface area contributed by atoms with Crippen molar-refractivity contribution in [2.24, 2.45) is 0 Å². The highest BCUT2D eigenvalue weighted by Gasteiger charge is 2.21. The summed E-state index contributed by atoms with van der Waals surface area (Å²) in [4.78, 5) is 14.6. The first kappa shape index (κ1) is 22.1. The molecule has 4 rings (SSSR count). The molecule has 1 aliphatic heterocycles. The zero-order chi connectivity index (χ0) is 22.6. The van der Waals surface area contributed by atoms with E-state index in [0.29, 0.717) is 24.4 Å². The lowest BCUT2D eigenvalue weighted by atomic mass is 10.0. The zero-order valence-electron chi connectivity index (χ0n) is 18.2. The van der Waals surface area contributed by atoms with Crippen molar-refractivity contribution in [2.45, 2.75) is 37.0 Å². The number of carbonyl (C=O) groups excluding carboxylic acids is 1. The topological polar surface area (TPSA) is 63.7 Å². The molecule has 6 heteroatoms. The molecular weight excluding hydrogens is 422 g/mol. The predicted octanol–water partition coefficient (Wildman–Crippen LogP) is 4.71. The van der Waals surface area contributed by atoms with Gasteiger partial charge >= 0.3 is 6.09 Å². The second-order valence-corrected chi connectivity index (χ2v) is 10.2. The molecule has 3 aromatic rings. The summed E-state index contributed by atoms with van der Waals surface area (Å²) in [7, 11) is -3.41. The largest absolute Gasteiger partial charge is 0.445 e. The van der Waals surface area contributed by atoms with Crippen molar-refractivity contribution in [3.63, 3.8) is 0 Å². The fourth-order valence-corrected chi connectivity index (χ4v) is 5.25. The van der Waals surface area contributed by atoms with Crippen molar-refractivity contribution in [1.82, 2.24) is 4.90 Å². The minimum atomic E-state index is -3.41. The van der Waals surface area contributed by atoms with Gasteiger partial charge in [-0.2, -0.15) is 0 Å². The van der Waals surface area contributed by atoms with Crippen molar-refractivity contribution < 1.29 is 17.9 Å². The van der Waals surface area contributed by atoms with Gasteiger partial charge in [-0.1, -0.05) is 66.2 Å². The van der Waals surface area contributed by atoms with E-state index in [4.69, 9.17) is 4.74 Å². The zero-order valence-corrected chi connectivity index (χ0v) is 19.0. The van der Waals surface area contributed by atoms with Crippen LogP contribution in [-0.2, 0) is 39.8 Å². The number of nitrogens with zero attached hydrogens (tertiary/aromatic N) is 1. The lowest BCUT2D eigenvalue weighted by Crippen LogP contribution is -2.33.